The molecule has 2 N–H and O–H groups in total. The highest BCUT2D eigenvalue weighted by Crippen LogP contribution is 2.17. The monoisotopic (exact) mass is 165 g/mol. The number of hydroxylamine groups is 1. The summed E-state index contributed by atoms with van der Waals surface area (Å²) in [4.78, 5) is 0. The molecule has 1 atom stereocenters. The fraction of sp³-hybridized carbons (Fsp3) is 0.400. The Morgan fingerprint density at radius 1 is 1.33 bits per heavy atom. The smallest absolute Gasteiger partial charge is 0.0543 e. The van der Waals surface area contributed by atoms with Crippen LogP contribution in [0.25, 0.3) is 0 Å². The van der Waals surface area contributed by atoms with E-state index < -0.39 is 0 Å². The van der Waals surface area contributed by atoms with Crippen LogP contribution in [-0.2, 0) is 0 Å². The van der Waals surface area contributed by atoms with Crippen LogP contribution in [0.2, 0.25) is 0 Å². The first kappa shape index (κ1) is 9.23. The molecule has 0 saturated heterocycles. The largest absolute Gasteiger partial charge is 0.316 e. The van der Waals surface area contributed by atoms with Gasteiger partial charge in [0.05, 0.1) is 6.04 Å². The van der Waals surface area contributed by atoms with Gasteiger partial charge in [-0.15, -0.1) is 0 Å². The van der Waals surface area contributed by atoms with E-state index in [-0.39, 0.29) is 6.04 Å². The van der Waals surface area contributed by atoms with E-state index in [0.29, 0.717) is 0 Å². The molecule has 0 amide bonds. The summed E-state index contributed by atoms with van der Waals surface area (Å²) in [6.45, 7) is 6.03. The average molecular weight is 165 g/mol. The second-order valence-electron chi connectivity index (χ2n) is 3.21. The van der Waals surface area contributed by atoms with Gasteiger partial charge in [0.25, 0.3) is 0 Å². The molecule has 0 fully saturated rings. The van der Waals surface area contributed by atoms with Crippen molar-refractivity contribution < 1.29 is 5.21 Å². The zero-order valence-corrected chi connectivity index (χ0v) is 7.76. The summed E-state index contributed by atoms with van der Waals surface area (Å²) in [6, 6.07) is 6.23. The van der Waals surface area contributed by atoms with Gasteiger partial charge in [0.1, 0.15) is 0 Å². The number of nitrogens with one attached hydrogen (secondary N) is 1. The molecule has 1 aromatic carbocycles. The molecule has 1 rings (SSSR count). The van der Waals surface area contributed by atoms with Crippen molar-refractivity contribution in [2.24, 2.45) is 0 Å². The third kappa shape index (κ3) is 1.84. The number of benzene rings is 1. The number of hydrogen-bond donors (Lipinski definition) is 2. The van der Waals surface area contributed by atoms with Gasteiger partial charge >= 0.3 is 0 Å². The number of hydrogen-bond acceptors (Lipinski definition) is 2. The predicted octanol–water partition coefficient (Wildman–Crippen LogP) is 2.34. The Balaban J connectivity index is 3.04. The Labute approximate surface area is 73.2 Å². The molecule has 0 radical (unpaired) electrons. The van der Waals surface area contributed by atoms with Crippen LogP contribution in [-0.4, -0.2) is 5.21 Å². The lowest BCUT2D eigenvalue weighted by Gasteiger charge is -2.13. The lowest BCUT2D eigenvalue weighted by atomic mass is 10.0. The van der Waals surface area contributed by atoms with Gasteiger partial charge in [-0.2, -0.15) is 5.48 Å². The van der Waals surface area contributed by atoms with Crippen LogP contribution in [0.5, 0.6) is 0 Å². The number of aryl methyl sites for hydroxylation is 2. The van der Waals surface area contributed by atoms with Crippen LogP contribution in [0.15, 0.2) is 18.2 Å². The third-order valence-corrected chi connectivity index (χ3v) is 2.09. The van der Waals surface area contributed by atoms with Crippen molar-refractivity contribution in [3.05, 3.63) is 34.9 Å². The first-order valence-electron chi connectivity index (χ1n) is 4.12. The molecule has 0 aliphatic heterocycles. The first-order chi connectivity index (χ1) is 5.65. The van der Waals surface area contributed by atoms with Crippen molar-refractivity contribution in [2.45, 2.75) is 26.8 Å². The maximum Gasteiger partial charge on any atom is 0.0543 e. The van der Waals surface area contributed by atoms with E-state index in [1.165, 1.54) is 11.1 Å². The molecule has 0 spiro atoms. The van der Waals surface area contributed by atoms with E-state index in [0.717, 1.165) is 5.56 Å². The molecule has 2 heteroatoms. The van der Waals surface area contributed by atoms with Gasteiger partial charge in [-0.05, 0) is 31.9 Å². The van der Waals surface area contributed by atoms with Crippen molar-refractivity contribution >= 4 is 0 Å². The Bertz CT molecular complexity index is 271. The van der Waals surface area contributed by atoms with Crippen LogP contribution in [0.3, 0.4) is 0 Å². The molecular formula is C10H15NO. The van der Waals surface area contributed by atoms with E-state index in [2.05, 4.69) is 23.7 Å². The Kier molecular flexibility index (Phi) is 2.84. The number of rotatable bonds is 2. The molecule has 0 heterocycles. The van der Waals surface area contributed by atoms with Gasteiger partial charge in [0.2, 0.25) is 0 Å². The van der Waals surface area contributed by atoms with Gasteiger partial charge in [-0.3, -0.25) is 0 Å². The zero-order valence-electron chi connectivity index (χ0n) is 7.76. The van der Waals surface area contributed by atoms with E-state index in [1.807, 2.05) is 20.8 Å². The minimum atomic E-state index is 0.00454. The molecule has 0 saturated carbocycles. The molecule has 0 bridgehead atoms. The molecule has 2 nitrogen and oxygen atoms in total. The maximum absolute atomic E-state index is 8.75. The second-order valence-corrected chi connectivity index (χ2v) is 3.21. The fourth-order valence-corrected chi connectivity index (χ4v) is 1.30. The van der Waals surface area contributed by atoms with Gasteiger partial charge in [-0.25, -0.2) is 0 Å². The normalized spacial score (nSPS) is 13.0. The maximum atomic E-state index is 8.75. The molecule has 1 aromatic rings. The van der Waals surface area contributed by atoms with Crippen LogP contribution in [0, 0.1) is 13.8 Å². The summed E-state index contributed by atoms with van der Waals surface area (Å²) in [5.41, 5.74) is 5.82. The van der Waals surface area contributed by atoms with Gasteiger partial charge in [-0.1, -0.05) is 23.8 Å². The predicted molar refractivity (Wildman–Crippen MR) is 49.3 cm³/mol. The van der Waals surface area contributed by atoms with E-state index in [1.54, 1.807) is 0 Å². The van der Waals surface area contributed by atoms with Crippen LogP contribution in [0.1, 0.15) is 29.7 Å². The van der Waals surface area contributed by atoms with E-state index in [4.69, 9.17) is 5.21 Å². The van der Waals surface area contributed by atoms with Crippen molar-refractivity contribution in [3.63, 3.8) is 0 Å². The Hall–Kier alpha value is -0.860. The third-order valence-electron chi connectivity index (χ3n) is 2.09. The molecule has 0 unspecified atom stereocenters. The average Bonchev–Trinajstić information content (AvgIpc) is 2.08. The summed E-state index contributed by atoms with van der Waals surface area (Å²) in [5.74, 6) is 0. The van der Waals surface area contributed by atoms with Crippen molar-refractivity contribution in [1.29, 1.82) is 0 Å². The SMILES string of the molecule is Cc1ccc(C)c([C@H](C)NO)c1. The lowest BCUT2D eigenvalue weighted by molar-refractivity contribution is 0.133. The van der Waals surface area contributed by atoms with Crippen molar-refractivity contribution in [3.8, 4) is 0 Å². The lowest BCUT2D eigenvalue weighted by Crippen LogP contribution is -2.14. The van der Waals surface area contributed by atoms with Gasteiger partial charge in [0.15, 0.2) is 0 Å². The van der Waals surface area contributed by atoms with Crippen LogP contribution >= 0.6 is 0 Å². The van der Waals surface area contributed by atoms with Gasteiger partial charge in [0, 0.05) is 0 Å². The highest BCUT2D eigenvalue weighted by atomic mass is 16.5. The fourth-order valence-electron chi connectivity index (χ4n) is 1.30. The quantitative estimate of drug-likeness (QED) is 0.659. The summed E-state index contributed by atoms with van der Waals surface area (Å²) in [6.07, 6.45) is 0. The highest BCUT2D eigenvalue weighted by molar-refractivity contribution is 5.32. The molecule has 0 aliphatic rings. The summed E-state index contributed by atoms with van der Waals surface area (Å²) < 4.78 is 0. The first-order valence-corrected chi connectivity index (χ1v) is 4.12. The van der Waals surface area contributed by atoms with Crippen molar-refractivity contribution in [1.82, 2.24) is 5.48 Å². The summed E-state index contributed by atoms with van der Waals surface area (Å²) in [5, 5.41) is 8.75. The van der Waals surface area contributed by atoms with E-state index in [9.17, 15) is 0 Å². The Morgan fingerprint density at radius 2 is 2.00 bits per heavy atom. The summed E-state index contributed by atoms with van der Waals surface area (Å²) in [7, 11) is 0. The highest BCUT2D eigenvalue weighted by Gasteiger charge is 2.05. The van der Waals surface area contributed by atoms with Crippen molar-refractivity contribution in [2.75, 3.05) is 0 Å². The molecule has 0 aliphatic carbocycles. The summed E-state index contributed by atoms with van der Waals surface area (Å²) >= 11 is 0. The van der Waals surface area contributed by atoms with E-state index >= 15 is 0 Å². The van der Waals surface area contributed by atoms with Crippen LogP contribution < -0.4 is 5.48 Å². The van der Waals surface area contributed by atoms with Crippen LogP contribution in [0.4, 0.5) is 0 Å². The Morgan fingerprint density at radius 3 is 2.58 bits per heavy atom. The minimum absolute atomic E-state index is 0.00454. The molecular weight excluding hydrogens is 150 g/mol. The topological polar surface area (TPSA) is 32.3 Å². The second kappa shape index (κ2) is 3.70. The van der Waals surface area contributed by atoms with Gasteiger partial charge < -0.3 is 5.21 Å². The molecule has 12 heavy (non-hydrogen) atoms. The molecule has 0 aromatic heterocycles. The zero-order chi connectivity index (χ0) is 9.14. The standard InChI is InChI=1S/C10H15NO/c1-7-4-5-8(2)10(6-7)9(3)11-12/h4-6,9,11-12H,1-3H3/t9-/m0/s1. The molecule has 66 valence electrons. The minimum Gasteiger partial charge on any atom is -0.316 e.